The van der Waals surface area contributed by atoms with E-state index < -0.39 is 0 Å². The lowest BCUT2D eigenvalue weighted by Gasteiger charge is -2.07. The van der Waals surface area contributed by atoms with Crippen LogP contribution in [0, 0.1) is 0 Å². The average Bonchev–Trinajstić information content (AvgIpc) is 3.15. The predicted octanol–water partition coefficient (Wildman–Crippen LogP) is 3.56. The van der Waals surface area contributed by atoms with Crippen molar-refractivity contribution >= 4 is 5.65 Å². The molecule has 0 aliphatic heterocycles. The summed E-state index contributed by atoms with van der Waals surface area (Å²) < 4.78 is 14.0. The molecule has 4 aromatic rings. The number of hydrogen-bond donors (Lipinski definition) is 0. The van der Waals surface area contributed by atoms with Gasteiger partial charge in [-0.15, -0.1) is 0 Å². The third kappa shape index (κ3) is 3.17. The average molecular weight is 361 g/mol. The van der Waals surface area contributed by atoms with E-state index in [1.807, 2.05) is 67.8 Å². The van der Waals surface area contributed by atoms with Crippen molar-refractivity contribution < 1.29 is 9.47 Å². The number of benzene rings is 2. The molecule has 0 N–H and O–H groups in total. The van der Waals surface area contributed by atoms with Gasteiger partial charge in [0.25, 0.3) is 5.56 Å². The first-order valence-electron chi connectivity index (χ1n) is 8.67. The molecule has 0 atom stereocenters. The number of nitrogens with zero attached hydrogens (tertiary/aromatic N) is 3. The van der Waals surface area contributed by atoms with Crippen molar-refractivity contribution in [2.45, 2.75) is 6.92 Å². The number of rotatable bonds is 5. The predicted molar refractivity (Wildman–Crippen MR) is 104 cm³/mol. The molecule has 6 nitrogen and oxygen atoms in total. The van der Waals surface area contributed by atoms with Crippen LogP contribution in [-0.2, 0) is 0 Å². The Balaban J connectivity index is 1.74. The molecule has 0 fully saturated rings. The molecular weight excluding hydrogens is 342 g/mol. The lowest BCUT2D eigenvalue weighted by molar-refractivity contribution is 0.340. The van der Waals surface area contributed by atoms with Gasteiger partial charge < -0.3 is 13.9 Å². The van der Waals surface area contributed by atoms with Gasteiger partial charge in [0.15, 0.2) is 0 Å². The highest BCUT2D eigenvalue weighted by atomic mass is 16.5. The molecule has 136 valence electrons. The second-order valence-electron chi connectivity index (χ2n) is 5.99. The van der Waals surface area contributed by atoms with E-state index in [0.29, 0.717) is 12.3 Å². The van der Waals surface area contributed by atoms with Crippen LogP contribution in [0.25, 0.3) is 22.6 Å². The molecule has 4 rings (SSSR count). The van der Waals surface area contributed by atoms with Crippen molar-refractivity contribution in [2.75, 3.05) is 13.7 Å². The van der Waals surface area contributed by atoms with E-state index in [1.54, 1.807) is 22.3 Å². The fourth-order valence-corrected chi connectivity index (χ4v) is 2.95. The van der Waals surface area contributed by atoms with E-state index in [2.05, 4.69) is 4.98 Å². The van der Waals surface area contributed by atoms with Crippen molar-refractivity contribution in [3.63, 3.8) is 0 Å². The summed E-state index contributed by atoms with van der Waals surface area (Å²) in [5.74, 6) is 1.55. The summed E-state index contributed by atoms with van der Waals surface area (Å²) in [6.07, 6.45) is 5.42. The van der Waals surface area contributed by atoms with Gasteiger partial charge in [-0.3, -0.25) is 9.36 Å². The Labute approximate surface area is 156 Å². The number of imidazole rings is 1. The van der Waals surface area contributed by atoms with Gasteiger partial charge in [-0.05, 0) is 55.5 Å². The molecule has 0 amide bonds. The normalized spacial score (nSPS) is 10.9. The van der Waals surface area contributed by atoms with E-state index in [9.17, 15) is 4.79 Å². The van der Waals surface area contributed by atoms with Gasteiger partial charge in [0.1, 0.15) is 11.5 Å². The standard InChI is InChI=1S/C21H19N3O3/c1-3-27-18-10-6-16(7-11-18)24-13-12-23-14-19(22-20(23)21(24)25)15-4-8-17(26-2)9-5-15/h4-14H,3H2,1-2H3. The van der Waals surface area contributed by atoms with Crippen LogP contribution in [0.5, 0.6) is 11.5 Å². The molecule has 0 aliphatic carbocycles. The van der Waals surface area contributed by atoms with Gasteiger partial charge in [-0.1, -0.05) is 0 Å². The molecule has 0 saturated heterocycles. The first-order valence-corrected chi connectivity index (χ1v) is 8.67. The van der Waals surface area contributed by atoms with Crippen LogP contribution in [0.1, 0.15) is 6.92 Å². The Bertz CT molecular complexity index is 1130. The lowest BCUT2D eigenvalue weighted by atomic mass is 10.2. The molecule has 2 aromatic heterocycles. The van der Waals surface area contributed by atoms with E-state index >= 15 is 0 Å². The summed E-state index contributed by atoms with van der Waals surface area (Å²) in [5.41, 5.74) is 2.62. The number of fused-ring (bicyclic) bond motifs is 1. The monoisotopic (exact) mass is 361 g/mol. The zero-order chi connectivity index (χ0) is 18.8. The zero-order valence-electron chi connectivity index (χ0n) is 15.1. The lowest BCUT2D eigenvalue weighted by Crippen LogP contribution is -2.19. The van der Waals surface area contributed by atoms with Crippen molar-refractivity contribution in [1.29, 1.82) is 0 Å². The third-order valence-corrected chi connectivity index (χ3v) is 4.33. The van der Waals surface area contributed by atoms with Gasteiger partial charge in [0, 0.05) is 29.8 Å². The highest BCUT2D eigenvalue weighted by Gasteiger charge is 2.10. The maximum atomic E-state index is 12.9. The third-order valence-electron chi connectivity index (χ3n) is 4.33. The minimum Gasteiger partial charge on any atom is -0.497 e. The fraction of sp³-hybridized carbons (Fsp3) is 0.143. The molecule has 0 aliphatic rings. The van der Waals surface area contributed by atoms with Crippen LogP contribution < -0.4 is 15.0 Å². The molecule has 6 heteroatoms. The van der Waals surface area contributed by atoms with Crippen molar-refractivity contribution in [1.82, 2.24) is 14.0 Å². The number of ether oxygens (including phenoxy) is 2. The highest BCUT2D eigenvalue weighted by Crippen LogP contribution is 2.21. The smallest absolute Gasteiger partial charge is 0.298 e. The van der Waals surface area contributed by atoms with Crippen LogP contribution in [0.15, 0.2) is 71.9 Å². The zero-order valence-corrected chi connectivity index (χ0v) is 15.1. The molecule has 0 spiro atoms. The Hall–Kier alpha value is -3.54. The Morgan fingerprint density at radius 1 is 0.963 bits per heavy atom. The Kier molecular flexibility index (Phi) is 4.38. The number of hydrogen-bond acceptors (Lipinski definition) is 4. The Morgan fingerprint density at radius 2 is 1.67 bits per heavy atom. The molecular formula is C21H19N3O3. The fourth-order valence-electron chi connectivity index (χ4n) is 2.95. The summed E-state index contributed by atoms with van der Waals surface area (Å²) in [5, 5.41) is 0. The van der Waals surface area contributed by atoms with Gasteiger partial charge in [0.05, 0.1) is 19.4 Å². The summed E-state index contributed by atoms with van der Waals surface area (Å²) in [4.78, 5) is 17.4. The minimum atomic E-state index is -0.179. The molecule has 2 aromatic carbocycles. The quantitative estimate of drug-likeness (QED) is 0.545. The molecule has 0 bridgehead atoms. The first-order chi connectivity index (χ1) is 13.2. The van der Waals surface area contributed by atoms with Gasteiger partial charge in [0.2, 0.25) is 5.65 Å². The molecule has 0 saturated carbocycles. The van der Waals surface area contributed by atoms with Gasteiger partial charge in [-0.2, -0.15) is 0 Å². The Morgan fingerprint density at radius 3 is 2.33 bits per heavy atom. The SMILES string of the molecule is CCOc1ccc(-n2ccn3cc(-c4ccc(OC)cc4)nc3c2=O)cc1. The second kappa shape index (κ2) is 6.99. The molecule has 0 unspecified atom stereocenters. The van der Waals surface area contributed by atoms with Crippen LogP contribution in [0.3, 0.4) is 0 Å². The topological polar surface area (TPSA) is 57.8 Å². The van der Waals surface area contributed by atoms with Crippen LogP contribution in [0.2, 0.25) is 0 Å². The second-order valence-corrected chi connectivity index (χ2v) is 5.99. The van der Waals surface area contributed by atoms with E-state index in [1.165, 1.54) is 0 Å². The van der Waals surface area contributed by atoms with E-state index in [-0.39, 0.29) is 5.56 Å². The molecule has 27 heavy (non-hydrogen) atoms. The highest BCUT2D eigenvalue weighted by molar-refractivity contribution is 5.63. The van der Waals surface area contributed by atoms with Crippen LogP contribution in [-0.4, -0.2) is 27.7 Å². The minimum absolute atomic E-state index is 0.179. The summed E-state index contributed by atoms with van der Waals surface area (Å²) in [6, 6.07) is 15.0. The van der Waals surface area contributed by atoms with Crippen molar-refractivity contribution in [2.24, 2.45) is 0 Å². The molecule has 2 heterocycles. The number of methoxy groups -OCH3 is 1. The van der Waals surface area contributed by atoms with Gasteiger partial charge >= 0.3 is 0 Å². The van der Waals surface area contributed by atoms with Crippen molar-refractivity contribution in [3.8, 4) is 28.4 Å². The van der Waals surface area contributed by atoms with Gasteiger partial charge in [-0.25, -0.2) is 4.98 Å². The largest absolute Gasteiger partial charge is 0.497 e. The van der Waals surface area contributed by atoms with E-state index in [0.717, 1.165) is 28.4 Å². The van der Waals surface area contributed by atoms with E-state index in [4.69, 9.17) is 9.47 Å². The van der Waals surface area contributed by atoms with Crippen LogP contribution in [0.4, 0.5) is 0 Å². The summed E-state index contributed by atoms with van der Waals surface area (Å²) in [6.45, 7) is 2.54. The summed E-state index contributed by atoms with van der Waals surface area (Å²) in [7, 11) is 1.63. The van der Waals surface area contributed by atoms with Crippen molar-refractivity contribution in [3.05, 3.63) is 77.5 Å². The number of aromatic nitrogens is 3. The maximum Gasteiger partial charge on any atom is 0.298 e. The van der Waals surface area contributed by atoms with Crippen LogP contribution >= 0.6 is 0 Å². The molecule has 0 radical (unpaired) electrons. The maximum absolute atomic E-state index is 12.9. The summed E-state index contributed by atoms with van der Waals surface area (Å²) >= 11 is 0. The first kappa shape index (κ1) is 16.9.